The van der Waals surface area contributed by atoms with Crippen LogP contribution in [0.25, 0.3) is 0 Å². The topological polar surface area (TPSA) is 12.0 Å². The summed E-state index contributed by atoms with van der Waals surface area (Å²) in [6.45, 7) is 6.99. The Morgan fingerprint density at radius 2 is 2.06 bits per heavy atom. The summed E-state index contributed by atoms with van der Waals surface area (Å²) in [6.07, 6.45) is 1.04. The highest BCUT2D eigenvalue weighted by Gasteiger charge is 2.11. The van der Waals surface area contributed by atoms with Gasteiger partial charge in [0, 0.05) is 23.2 Å². The zero-order valence-electron chi connectivity index (χ0n) is 10.1. The summed E-state index contributed by atoms with van der Waals surface area (Å²) in [4.78, 5) is 0. The normalized spacial score (nSPS) is 13.1. The lowest BCUT2D eigenvalue weighted by Crippen LogP contribution is -2.32. The fourth-order valence-corrected chi connectivity index (χ4v) is 1.97. The lowest BCUT2D eigenvalue weighted by Gasteiger charge is -2.21. The Bertz CT molecular complexity index is 339. The first kappa shape index (κ1) is 13.5. The fraction of sp³-hybridized carbons (Fsp3) is 0.538. The minimum absolute atomic E-state index is 0.199. The van der Waals surface area contributed by atoms with Gasteiger partial charge >= 0.3 is 0 Å². The lowest BCUT2D eigenvalue weighted by molar-refractivity contribution is 0.384. The van der Waals surface area contributed by atoms with Gasteiger partial charge in [-0.1, -0.05) is 32.4 Å². The van der Waals surface area contributed by atoms with Gasteiger partial charge in [0.05, 0.1) is 0 Å². The molecule has 0 aliphatic carbocycles. The van der Waals surface area contributed by atoms with E-state index in [4.69, 9.17) is 11.6 Å². The van der Waals surface area contributed by atoms with E-state index in [-0.39, 0.29) is 5.82 Å². The molecule has 1 rings (SSSR count). The summed E-state index contributed by atoms with van der Waals surface area (Å²) in [5, 5.41) is 3.93. The Balaban J connectivity index is 2.63. The third kappa shape index (κ3) is 3.76. The van der Waals surface area contributed by atoms with Crippen LogP contribution in [0.2, 0.25) is 5.02 Å². The van der Waals surface area contributed by atoms with Crippen LogP contribution in [0.3, 0.4) is 0 Å². The van der Waals surface area contributed by atoms with Gasteiger partial charge in [0.15, 0.2) is 0 Å². The summed E-state index contributed by atoms with van der Waals surface area (Å²) in [5.41, 5.74) is 0.631. The molecule has 1 aromatic carbocycles. The van der Waals surface area contributed by atoms with Crippen molar-refractivity contribution >= 4 is 11.6 Å². The summed E-state index contributed by atoms with van der Waals surface area (Å²) < 4.78 is 13.4. The smallest absolute Gasteiger partial charge is 0.127 e. The average molecular weight is 244 g/mol. The van der Waals surface area contributed by atoms with Gasteiger partial charge in [0.1, 0.15) is 5.82 Å². The number of hydrogen-bond acceptors (Lipinski definition) is 1. The molecule has 1 N–H and O–H groups in total. The highest BCUT2D eigenvalue weighted by molar-refractivity contribution is 6.30. The van der Waals surface area contributed by atoms with E-state index >= 15 is 0 Å². The van der Waals surface area contributed by atoms with Crippen molar-refractivity contribution in [1.29, 1.82) is 0 Å². The van der Waals surface area contributed by atoms with Crippen molar-refractivity contribution in [2.75, 3.05) is 0 Å². The molecule has 1 aromatic rings. The van der Waals surface area contributed by atoms with Gasteiger partial charge in [-0.3, -0.25) is 0 Å². The number of benzene rings is 1. The van der Waals surface area contributed by atoms with Crippen LogP contribution in [0.15, 0.2) is 18.2 Å². The first-order valence-electron chi connectivity index (χ1n) is 5.72. The highest BCUT2D eigenvalue weighted by atomic mass is 35.5. The molecular formula is C13H19ClFN. The van der Waals surface area contributed by atoms with Crippen molar-refractivity contribution in [2.24, 2.45) is 5.92 Å². The van der Waals surface area contributed by atoms with E-state index in [1.165, 1.54) is 6.07 Å². The molecule has 16 heavy (non-hydrogen) atoms. The van der Waals surface area contributed by atoms with E-state index in [0.29, 0.717) is 29.1 Å². The van der Waals surface area contributed by atoms with E-state index < -0.39 is 0 Å². The molecule has 1 nitrogen and oxygen atoms in total. The molecule has 0 heterocycles. The second kappa shape index (κ2) is 6.21. The van der Waals surface area contributed by atoms with Crippen LogP contribution in [0, 0.1) is 11.7 Å². The van der Waals surface area contributed by atoms with Crippen molar-refractivity contribution in [2.45, 2.75) is 39.8 Å². The quantitative estimate of drug-likeness (QED) is 0.824. The van der Waals surface area contributed by atoms with Crippen molar-refractivity contribution in [3.05, 3.63) is 34.6 Å². The average Bonchev–Trinajstić information content (AvgIpc) is 2.23. The van der Waals surface area contributed by atoms with Crippen molar-refractivity contribution < 1.29 is 4.39 Å². The molecule has 0 aliphatic heterocycles. The number of rotatable bonds is 5. The van der Waals surface area contributed by atoms with Crippen molar-refractivity contribution in [3.8, 4) is 0 Å². The molecular weight excluding hydrogens is 225 g/mol. The van der Waals surface area contributed by atoms with Crippen molar-refractivity contribution in [1.82, 2.24) is 5.32 Å². The van der Waals surface area contributed by atoms with E-state index in [0.717, 1.165) is 6.42 Å². The van der Waals surface area contributed by atoms with Crippen molar-refractivity contribution in [3.63, 3.8) is 0 Å². The van der Waals surface area contributed by atoms with Gasteiger partial charge in [0.25, 0.3) is 0 Å². The SMILES string of the molecule is CCC(NCc1cc(Cl)ccc1F)C(C)C. The minimum Gasteiger partial charge on any atom is -0.310 e. The van der Waals surface area contributed by atoms with Crippen LogP contribution >= 0.6 is 11.6 Å². The third-order valence-electron chi connectivity index (χ3n) is 2.81. The molecule has 3 heteroatoms. The highest BCUT2D eigenvalue weighted by Crippen LogP contribution is 2.15. The van der Waals surface area contributed by atoms with Gasteiger partial charge in [0.2, 0.25) is 0 Å². The van der Waals surface area contributed by atoms with Gasteiger partial charge < -0.3 is 5.32 Å². The van der Waals surface area contributed by atoms with Gasteiger partial charge in [-0.05, 0) is 30.5 Å². The van der Waals surface area contributed by atoms with Crippen LogP contribution in [0.1, 0.15) is 32.8 Å². The van der Waals surface area contributed by atoms with E-state index in [1.807, 2.05) is 0 Å². The Hall–Kier alpha value is -0.600. The summed E-state index contributed by atoms with van der Waals surface area (Å²) in [6, 6.07) is 5.07. The van der Waals surface area contributed by atoms with Crippen LogP contribution in [-0.2, 0) is 6.54 Å². The largest absolute Gasteiger partial charge is 0.310 e. The lowest BCUT2D eigenvalue weighted by atomic mass is 10.0. The zero-order chi connectivity index (χ0) is 12.1. The standard InChI is InChI=1S/C13H19ClFN/c1-4-13(9(2)3)16-8-10-7-11(14)5-6-12(10)15/h5-7,9,13,16H,4,8H2,1-3H3. The second-order valence-corrected chi connectivity index (χ2v) is 4.81. The first-order chi connectivity index (χ1) is 7.54. The van der Waals surface area contributed by atoms with Crippen LogP contribution in [0.4, 0.5) is 4.39 Å². The Morgan fingerprint density at radius 1 is 1.38 bits per heavy atom. The molecule has 0 amide bonds. The van der Waals surface area contributed by atoms with E-state index in [1.54, 1.807) is 12.1 Å². The molecule has 0 fully saturated rings. The number of nitrogens with one attached hydrogen (secondary N) is 1. The van der Waals surface area contributed by atoms with Gasteiger partial charge in [-0.25, -0.2) is 4.39 Å². The van der Waals surface area contributed by atoms with Crippen LogP contribution in [0.5, 0.6) is 0 Å². The number of hydrogen-bond donors (Lipinski definition) is 1. The summed E-state index contributed by atoms with van der Waals surface area (Å²) >= 11 is 5.83. The third-order valence-corrected chi connectivity index (χ3v) is 3.04. The molecule has 0 saturated carbocycles. The molecule has 0 saturated heterocycles. The summed E-state index contributed by atoms with van der Waals surface area (Å²) in [5.74, 6) is 0.350. The number of halogens is 2. The fourth-order valence-electron chi connectivity index (χ4n) is 1.77. The monoisotopic (exact) mass is 243 g/mol. The predicted octanol–water partition coefficient (Wildman–Crippen LogP) is 4.00. The maximum Gasteiger partial charge on any atom is 0.127 e. The van der Waals surface area contributed by atoms with Gasteiger partial charge in [-0.2, -0.15) is 0 Å². The van der Waals surface area contributed by atoms with Gasteiger partial charge in [-0.15, -0.1) is 0 Å². The second-order valence-electron chi connectivity index (χ2n) is 4.38. The van der Waals surface area contributed by atoms with E-state index in [9.17, 15) is 4.39 Å². The maximum absolute atomic E-state index is 13.4. The molecule has 0 radical (unpaired) electrons. The van der Waals surface area contributed by atoms with Crippen LogP contribution < -0.4 is 5.32 Å². The first-order valence-corrected chi connectivity index (χ1v) is 6.09. The summed E-state index contributed by atoms with van der Waals surface area (Å²) in [7, 11) is 0. The minimum atomic E-state index is -0.199. The molecule has 0 aliphatic rings. The predicted molar refractivity (Wildman–Crippen MR) is 67.2 cm³/mol. The molecule has 1 atom stereocenters. The molecule has 90 valence electrons. The molecule has 1 unspecified atom stereocenters. The molecule has 0 spiro atoms. The zero-order valence-corrected chi connectivity index (χ0v) is 10.8. The Morgan fingerprint density at radius 3 is 2.62 bits per heavy atom. The molecule has 0 bridgehead atoms. The van der Waals surface area contributed by atoms with E-state index in [2.05, 4.69) is 26.1 Å². The Kier molecular flexibility index (Phi) is 5.23. The maximum atomic E-state index is 13.4. The molecule has 0 aromatic heterocycles. The van der Waals surface area contributed by atoms with Crippen LogP contribution in [-0.4, -0.2) is 6.04 Å². The Labute approximate surface area is 102 Å².